The first-order valence-corrected chi connectivity index (χ1v) is 6.74. The summed E-state index contributed by atoms with van der Waals surface area (Å²) in [5, 5.41) is 12.9. The second kappa shape index (κ2) is 6.95. The smallest absolute Gasteiger partial charge is 0.115 e. The van der Waals surface area contributed by atoms with E-state index in [2.05, 4.69) is 21.8 Å². The fourth-order valence-electron chi connectivity index (χ4n) is 2.07. The number of aromatic nitrogens is 2. The van der Waals surface area contributed by atoms with Gasteiger partial charge in [-0.3, -0.25) is 0 Å². The molecular formula is C15H21N3O. The fraction of sp³-hybridized carbons (Fsp3) is 0.400. The van der Waals surface area contributed by atoms with E-state index < -0.39 is 0 Å². The Morgan fingerprint density at radius 3 is 3.00 bits per heavy atom. The molecule has 1 heterocycles. The van der Waals surface area contributed by atoms with Crippen molar-refractivity contribution in [1.82, 2.24) is 14.9 Å². The van der Waals surface area contributed by atoms with Crippen LogP contribution in [-0.4, -0.2) is 21.2 Å². The zero-order valence-corrected chi connectivity index (χ0v) is 11.3. The molecule has 2 N–H and O–H groups in total. The molecule has 1 atom stereocenters. The Bertz CT molecular complexity index is 482. The lowest BCUT2D eigenvalue weighted by Crippen LogP contribution is -2.20. The van der Waals surface area contributed by atoms with Crippen molar-refractivity contribution in [2.75, 3.05) is 6.54 Å². The summed E-state index contributed by atoms with van der Waals surface area (Å²) >= 11 is 0. The second-order valence-corrected chi connectivity index (χ2v) is 4.78. The van der Waals surface area contributed by atoms with Crippen LogP contribution >= 0.6 is 0 Å². The molecule has 0 aliphatic heterocycles. The van der Waals surface area contributed by atoms with Crippen LogP contribution in [0, 0.1) is 0 Å². The van der Waals surface area contributed by atoms with Crippen LogP contribution in [0.4, 0.5) is 0 Å². The van der Waals surface area contributed by atoms with Gasteiger partial charge in [0.25, 0.3) is 0 Å². The third kappa shape index (κ3) is 4.41. The number of nitrogens with one attached hydrogen (secondary N) is 1. The maximum Gasteiger partial charge on any atom is 0.115 e. The van der Waals surface area contributed by atoms with Crippen LogP contribution in [0.3, 0.4) is 0 Å². The normalized spacial score (nSPS) is 12.5. The lowest BCUT2D eigenvalue weighted by atomic mass is 10.1. The van der Waals surface area contributed by atoms with E-state index in [0.717, 1.165) is 31.5 Å². The van der Waals surface area contributed by atoms with E-state index in [0.29, 0.717) is 5.75 Å². The molecule has 4 nitrogen and oxygen atoms in total. The summed E-state index contributed by atoms with van der Waals surface area (Å²) in [6.07, 6.45) is 7.91. The Balaban J connectivity index is 1.65. The summed E-state index contributed by atoms with van der Waals surface area (Å²) in [4.78, 5) is 4.02. The molecule has 0 aliphatic rings. The highest BCUT2D eigenvalue weighted by molar-refractivity contribution is 5.28. The molecule has 0 aliphatic carbocycles. The number of hydrogen-bond donors (Lipinski definition) is 2. The number of imidazole rings is 1. The predicted molar refractivity (Wildman–Crippen MR) is 76.0 cm³/mol. The number of phenols is 1. The van der Waals surface area contributed by atoms with Crippen molar-refractivity contribution in [2.24, 2.45) is 0 Å². The van der Waals surface area contributed by atoms with E-state index in [9.17, 15) is 5.11 Å². The lowest BCUT2D eigenvalue weighted by Gasteiger charge is -2.14. The van der Waals surface area contributed by atoms with Crippen molar-refractivity contribution in [3.63, 3.8) is 0 Å². The third-order valence-electron chi connectivity index (χ3n) is 3.22. The van der Waals surface area contributed by atoms with Gasteiger partial charge in [-0.25, -0.2) is 4.98 Å². The molecule has 1 unspecified atom stereocenters. The summed E-state index contributed by atoms with van der Waals surface area (Å²) in [5.74, 6) is 0.325. The van der Waals surface area contributed by atoms with Gasteiger partial charge in [-0.2, -0.15) is 0 Å². The van der Waals surface area contributed by atoms with Gasteiger partial charge in [0, 0.05) is 25.0 Å². The van der Waals surface area contributed by atoms with Gasteiger partial charge in [0.1, 0.15) is 5.75 Å². The average molecular weight is 259 g/mol. The van der Waals surface area contributed by atoms with E-state index in [1.54, 1.807) is 6.07 Å². The van der Waals surface area contributed by atoms with Crippen molar-refractivity contribution in [1.29, 1.82) is 0 Å². The number of rotatable bonds is 7. The highest BCUT2D eigenvalue weighted by Gasteiger charge is 2.04. The Morgan fingerprint density at radius 2 is 2.26 bits per heavy atom. The first-order chi connectivity index (χ1) is 9.25. The molecular weight excluding hydrogens is 238 g/mol. The molecule has 0 radical (unpaired) electrons. The zero-order chi connectivity index (χ0) is 13.5. The second-order valence-electron chi connectivity index (χ2n) is 4.78. The molecule has 19 heavy (non-hydrogen) atoms. The zero-order valence-electron chi connectivity index (χ0n) is 11.3. The van der Waals surface area contributed by atoms with Crippen molar-refractivity contribution in [2.45, 2.75) is 32.4 Å². The average Bonchev–Trinajstić information content (AvgIpc) is 2.91. The molecule has 4 heteroatoms. The number of aryl methyl sites for hydroxylation is 1. The molecule has 0 saturated heterocycles. The summed E-state index contributed by atoms with van der Waals surface area (Å²) < 4.78 is 2.10. The Kier molecular flexibility index (Phi) is 4.98. The first-order valence-electron chi connectivity index (χ1n) is 6.74. The monoisotopic (exact) mass is 259 g/mol. The molecule has 1 aromatic carbocycles. The van der Waals surface area contributed by atoms with Crippen molar-refractivity contribution >= 4 is 0 Å². The minimum atomic E-state index is 0.264. The predicted octanol–water partition coefficient (Wildman–Crippen LogP) is 2.72. The van der Waals surface area contributed by atoms with Gasteiger partial charge in [0.15, 0.2) is 0 Å². The van der Waals surface area contributed by atoms with Crippen LogP contribution < -0.4 is 5.32 Å². The first kappa shape index (κ1) is 13.6. The summed E-state index contributed by atoms with van der Waals surface area (Å²) in [5.41, 5.74) is 1.12. The van der Waals surface area contributed by atoms with Crippen LogP contribution in [0.25, 0.3) is 0 Å². The largest absolute Gasteiger partial charge is 0.508 e. The van der Waals surface area contributed by atoms with Gasteiger partial charge in [-0.15, -0.1) is 0 Å². The number of hydrogen-bond acceptors (Lipinski definition) is 3. The molecule has 0 fully saturated rings. The minimum Gasteiger partial charge on any atom is -0.508 e. The molecule has 2 rings (SSSR count). The molecule has 0 saturated carbocycles. The molecule has 102 valence electrons. The third-order valence-corrected chi connectivity index (χ3v) is 3.22. The van der Waals surface area contributed by atoms with Crippen molar-refractivity contribution < 1.29 is 5.11 Å². The fourth-order valence-corrected chi connectivity index (χ4v) is 2.07. The lowest BCUT2D eigenvalue weighted by molar-refractivity contribution is 0.471. The molecule has 2 aromatic rings. The highest BCUT2D eigenvalue weighted by Crippen LogP contribution is 2.17. The molecule has 0 bridgehead atoms. The quantitative estimate of drug-likeness (QED) is 0.752. The van der Waals surface area contributed by atoms with E-state index in [1.165, 1.54) is 0 Å². The molecule has 0 spiro atoms. The van der Waals surface area contributed by atoms with Gasteiger partial charge < -0.3 is 15.0 Å². The number of phenolic OH excluding ortho intramolecular Hbond substituents is 1. The van der Waals surface area contributed by atoms with E-state index in [1.807, 2.05) is 36.9 Å². The highest BCUT2D eigenvalue weighted by atomic mass is 16.3. The Hall–Kier alpha value is -1.81. The van der Waals surface area contributed by atoms with Crippen molar-refractivity contribution in [3.05, 3.63) is 48.5 Å². The minimum absolute atomic E-state index is 0.264. The van der Waals surface area contributed by atoms with Crippen LogP contribution in [-0.2, 0) is 6.54 Å². The van der Waals surface area contributed by atoms with E-state index in [-0.39, 0.29) is 6.04 Å². The van der Waals surface area contributed by atoms with E-state index in [4.69, 9.17) is 0 Å². The standard InChI is InChI=1S/C15H21N3O/c1-13(14-5-4-6-15(19)11-14)17-7-2-3-9-18-10-8-16-12-18/h4-6,8,10-13,17,19H,2-3,7,9H2,1H3. The number of aromatic hydroxyl groups is 1. The van der Waals surface area contributed by atoms with Crippen LogP contribution in [0.1, 0.15) is 31.4 Å². The van der Waals surface area contributed by atoms with Crippen molar-refractivity contribution in [3.8, 4) is 5.75 Å². The number of nitrogens with zero attached hydrogens (tertiary/aromatic N) is 2. The summed E-state index contributed by atoms with van der Waals surface area (Å²) in [7, 11) is 0. The Morgan fingerprint density at radius 1 is 1.37 bits per heavy atom. The van der Waals surface area contributed by atoms with Gasteiger partial charge in [0.05, 0.1) is 6.33 Å². The SMILES string of the molecule is CC(NCCCCn1ccnc1)c1cccc(O)c1. The van der Waals surface area contributed by atoms with Crippen LogP contribution in [0.15, 0.2) is 43.0 Å². The summed E-state index contributed by atoms with van der Waals surface area (Å²) in [6, 6.07) is 7.68. The van der Waals surface area contributed by atoms with Crippen LogP contribution in [0.2, 0.25) is 0 Å². The maximum absolute atomic E-state index is 9.44. The molecule has 1 aromatic heterocycles. The maximum atomic E-state index is 9.44. The van der Waals surface area contributed by atoms with Gasteiger partial charge in [-0.1, -0.05) is 12.1 Å². The van der Waals surface area contributed by atoms with Gasteiger partial charge in [0.2, 0.25) is 0 Å². The number of benzene rings is 1. The van der Waals surface area contributed by atoms with Gasteiger partial charge >= 0.3 is 0 Å². The van der Waals surface area contributed by atoms with Crippen LogP contribution in [0.5, 0.6) is 5.75 Å². The number of unbranched alkanes of at least 4 members (excludes halogenated alkanes) is 1. The Labute approximate surface area is 114 Å². The van der Waals surface area contributed by atoms with Gasteiger partial charge in [-0.05, 0) is 44.0 Å². The molecule has 0 amide bonds. The van der Waals surface area contributed by atoms with E-state index >= 15 is 0 Å². The topological polar surface area (TPSA) is 50.1 Å². The summed E-state index contributed by atoms with van der Waals surface area (Å²) in [6.45, 7) is 4.11.